The zero-order chi connectivity index (χ0) is 15.7. The van der Waals surface area contributed by atoms with Gasteiger partial charge in [-0.05, 0) is 44.0 Å². The van der Waals surface area contributed by atoms with Crippen molar-refractivity contribution in [1.29, 1.82) is 0 Å². The topological polar surface area (TPSA) is 55.1 Å². The van der Waals surface area contributed by atoms with E-state index >= 15 is 0 Å². The number of furan rings is 1. The summed E-state index contributed by atoms with van der Waals surface area (Å²) in [5, 5.41) is 3.93. The van der Waals surface area contributed by atoms with Gasteiger partial charge < -0.3 is 9.73 Å². The van der Waals surface area contributed by atoms with E-state index in [9.17, 15) is 4.79 Å². The van der Waals surface area contributed by atoms with Gasteiger partial charge in [0, 0.05) is 23.3 Å². The molecule has 112 valence electrons. The summed E-state index contributed by atoms with van der Waals surface area (Å²) in [6, 6.07) is 9.62. The van der Waals surface area contributed by atoms with E-state index in [1.165, 1.54) is 0 Å². The molecule has 1 amide bonds. The van der Waals surface area contributed by atoms with Gasteiger partial charge in [-0.25, -0.2) is 0 Å². The predicted octanol–water partition coefficient (Wildman–Crippen LogP) is 3.94. The summed E-state index contributed by atoms with van der Waals surface area (Å²) < 4.78 is 5.75. The Morgan fingerprint density at radius 3 is 2.82 bits per heavy atom. The first-order chi connectivity index (χ1) is 10.6. The number of aryl methyl sites for hydroxylation is 2. The molecule has 0 bridgehead atoms. The normalized spacial score (nSPS) is 12.3. The average Bonchev–Trinajstić information content (AvgIpc) is 2.84. The second-order valence-electron chi connectivity index (χ2n) is 5.54. The van der Waals surface area contributed by atoms with Crippen LogP contribution >= 0.6 is 0 Å². The molecule has 0 spiro atoms. The van der Waals surface area contributed by atoms with Gasteiger partial charge >= 0.3 is 0 Å². The summed E-state index contributed by atoms with van der Waals surface area (Å²) in [5.41, 5.74) is 3.68. The van der Waals surface area contributed by atoms with Crippen LogP contribution in [0.5, 0.6) is 0 Å². The highest BCUT2D eigenvalue weighted by molar-refractivity contribution is 5.99. The maximum absolute atomic E-state index is 12.5. The van der Waals surface area contributed by atoms with Crippen LogP contribution in [0.25, 0.3) is 11.0 Å². The Morgan fingerprint density at radius 2 is 2.09 bits per heavy atom. The molecule has 4 heteroatoms. The number of aromatic nitrogens is 1. The fraction of sp³-hybridized carbons (Fsp3) is 0.222. The van der Waals surface area contributed by atoms with E-state index in [1.54, 1.807) is 12.4 Å². The molecule has 2 aromatic heterocycles. The smallest absolute Gasteiger partial charge is 0.287 e. The van der Waals surface area contributed by atoms with E-state index in [0.29, 0.717) is 5.76 Å². The molecule has 1 aromatic carbocycles. The third-order valence-corrected chi connectivity index (χ3v) is 3.83. The summed E-state index contributed by atoms with van der Waals surface area (Å²) in [6.07, 6.45) is 3.46. The van der Waals surface area contributed by atoms with Crippen molar-refractivity contribution in [2.75, 3.05) is 0 Å². The van der Waals surface area contributed by atoms with E-state index in [2.05, 4.69) is 10.3 Å². The Morgan fingerprint density at radius 1 is 1.27 bits per heavy atom. The van der Waals surface area contributed by atoms with E-state index < -0.39 is 0 Å². The fourth-order valence-electron chi connectivity index (χ4n) is 2.53. The minimum atomic E-state index is -0.206. The number of hydrogen-bond acceptors (Lipinski definition) is 3. The lowest BCUT2D eigenvalue weighted by molar-refractivity contribution is 0.0913. The van der Waals surface area contributed by atoms with Crippen LogP contribution in [0.3, 0.4) is 0 Å². The van der Waals surface area contributed by atoms with E-state index in [1.807, 2.05) is 51.1 Å². The fourth-order valence-corrected chi connectivity index (χ4v) is 2.53. The SMILES string of the molecule is Cc1ccc2c(C)c(C(=O)N[C@@H](C)c3cccnc3)oc2c1. The van der Waals surface area contributed by atoms with E-state index in [-0.39, 0.29) is 11.9 Å². The molecule has 0 aliphatic rings. The van der Waals surface area contributed by atoms with Gasteiger partial charge in [-0.2, -0.15) is 0 Å². The summed E-state index contributed by atoms with van der Waals surface area (Å²) in [6.45, 7) is 5.84. The Kier molecular flexibility index (Phi) is 3.67. The third kappa shape index (κ3) is 2.60. The molecule has 0 saturated carbocycles. The standard InChI is InChI=1S/C18H18N2O2/c1-11-6-7-15-12(2)17(22-16(15)9-11)18(21)20-13(3)14-5-4-8-19-10-14/h4-10,13H,1-3H3,(H,20,21)/t13-/m0/s1. The van der Waals surface area contributed by atoms with Crippen molar-refractivity contribution in [2.45, 2.75) is 26.8 Å². The van der Waals surface area contributed by atoms with Gasteiger partial charge in [0.1, 0.15) is 5.58 Å². The Bertz CT molecular complexity index is 822. The second kappa shape index (κ2) is 5.64. The maximum atomic E-state index is 12.5. The number of nitrogens with one attached hydrogen (secondary N) is 1. The number of benzene rings is 1. The molecule has 0 aliphatic carbocycles. The molecule has 0 fully saturated rings. The lowest BCUT2D eigenvalue weighted by Crippen LogP contribution is -2.26. The van der Waals surface area contributed by atoms with Crippen molar-refractivity contribution in [1.82, 2.24) is 10.3 Å². The highest BCUT2D eigenvalue weighted by Gasteiger charge is 2.19. The minimum Gasteiger partial charge on any atom is -0.451 e. The highest BCUT2D eigenvalue weighted by atomic mass is 16.3. The first-order valence-corrected chi connectivity index (χ1v) is 7.27. The molecule has 1 atom stereocenters. The maximum Gasteiger partial charge on any atom is 0.287 e. The van der Waals surface area contributed by atoms with Crippen LogP contribution in [0.1, 0.15) is 40.2 Å². The van der Waals surface area contributed by atoms with Crippen LogP contribution in [0.4, 0.5) is 0 Å². The number of hydrogen-bond donors (Lipinski definition) is 1. The Balaban J connectivity index is 1.88. The predicted molar refractivity (Wildman–Crippen MR) is 85.8 cm³/mol. The Hall–Kier alpha value is -2.62. The summed E-state index contributed by atoms with van der Waals surface area (Å²) in [5.74, 6) is 0.166. The molecule has 4 nitrogen and oxygen atoms in total. The van der Waals surface area contributed by atoms with Crippen molar-refractivity contribution in [3.8, 4) is 0 Å². The van der Waals surface area contributed by atoms with Crippen molar-refractivity contribution in [3.05, 3.63) is 65.2 Å². The van der Waals surface area contributed by atoms with Crippen LogP contribution in [-0.2, 0) is 0 Å². The zero-order valence-corrected chi connectivity index (χ0v) is 12.9. The van der Waals surface area contributed by atoms with Crippen molar-refractivity contribution < 1.29 is 9.21 Å². The molecule has 0 aliphatic heterocycles. The number of nitrogens with zero attached hydrogens (tertiary/aromatic N) is 1. The van der Waals surface area contributed by atoms with Crippen LogP contribution in [0, 0.1) is 13.8 Å². The lowest BCUT2D eigenvalue weighted by atomic mass is 10.1. The van der Waals surface area contributed by atoms with Gasteiger partial charge in [-0.15, -0.1) is 0 Å². The van der Waals surface area contributed by atoms with Crippen LogP contribution in [-0.4, -0.2) is 10.9 Å². The molecular weight excluding hydrogens is 276 g/mol. The van der Waals surface area contributed by atoms with Crippen molar-refractivity contribution in [2.24, 2.45) is 0 Å². The molecular formula is C18H18N2O2. The van der Waals surface area contributed by atoms with Crippen LogP contribution in [0.15, 0.2) is 47.1 Å². The summed E-state index contributed by atoms with van der Waals surface area (Å²) in [4.78, 5) is 16.6. The number of amides is 1. The monoisotopic (exact) mass is 294 g/mol. The molecule has 2 heterocycles. The van der Waals surface area contributed by atoms with Gasteiger partial charge in [0.25, 0.3) is 5.91 Å². The number of rotatable bonds is 3. The minimum absolute atomic E-state index is 0.129. The largest absolute Gasteiger partial charge is 0.451 e. The first-order valence-electron chi connectivity index (χ1n) is 7.27. The molecule has 0 saturated heterocycles. The molecule has 0 radical (unpaired) electrons. The van der Waals surface area contributed by atoms with Gasteiger partial charge in [0.2, 0.25) is 0 Å². The van der Waals surface area contributed by atoms with Crippen LogP contribution in [0.2, 0.25) is 0 Å². The van der Waals surface area contributed by atoms with Gasteiger partial charge in [-0.3, -0.25) is 9.78 Å². The number of carbonyl (C=O) groups excluding carboxylic acids is 1. The molecule has 22 heavy (non-hydrogen) atoms. The molecule has 3 rings (SSSR count). The van der Waals surface area contributed by atoms with E-state index in [0.717, 1.165) is 27.7 Å². The molecule has 3 aromatic rings. The summed E-state index contributed by atoms with van der Waals surface area (Å²) >= 11 is 0. The van der Waals surface area contributed by atoms with Gasteiger partial charge in [0.15, 0.2) is 5.76 Å². The number of fused-ring (bicyclic) bond motifs is 1. The van der Waals surface area contributed by atoms with Crippen LogP contribution < -0.4 is 5.32 Å². The molecule has 0 unspecified atom stereocenters. The third-order valence-electron chi connectivity index (χ3n) is 3.83. The highest BCUT2D eigenvalue weighted by Crippen LogP contribution is 2.26. The molecule has 1 N–H and O–H groups in total. The van der Waals surface area contributed by atoms with Crippen molar-refractivity contribution >= 4 is 16.9 Å². The average molecular weight is 294 g/mol. The lowest BCUT2D eigenvalue weighted by Gasteiger charge is -2.12. The Labute approximate surface area is 129 Å². The second-order valence-corrected chi connectivity index (χ2v) is 5.54. The van der Waals surface area contributed by atoms with E-state index in [4.69, 9.17) is 4.42 Å². The number of pyridine rings is 1. The zero-order valence-electron chi connectivity index (χ0n) is 12.9. The first kappa shape index (κ1) is 14.3. The summed E-state index contributed by atoms with van der Waals surface area (Å²) in [7, 11) is 0. The van der Waals surface area contributed by atoms with Gasteiger partial charge in [0.05, 0.1) is 6.04 Å². The quantitative estimate of drug-likeness (QED) is 0.796. The number of carbonyl (C=O) groups is 1. The van der Waals surface area contributed by atoms with Gasteiger partial charge in [-0.1, -0.05) is 18.2 Å². The van der Waals surface area contributed by atoms with Crippen molar-refractivity contribution in [3.63, 3.8) is 0 Å².